The molecule has 2 atom stereocenters. The largest absolute Gasteiger partial charge is 0.444 e. The lowest BCUT2D eigenvalue weighted by Gasteiger charge is -2.28. The van der Waals surface area contributed by atoms with Crippen LogP contribution in [-0.4, -0.2) is 35.1 Å². The van der Waals surface area contributed by atoms with Gasteiger partial charge in [-0.2, -0.15) is 0 Å². The maximum atomic E-state index is 12.6. The van der Waals surface area contributed by atoms with Gasteiger partial charge >= 0.3 is 6.09 Å². The molecule has 6 heteroatoms. The van der Waals surface area contributed by atoms with Gasteiger partial charge in [0.2, 0.25) is 5.91 Å². The molecule has 132 valence electrons. The number of halogens is 1. The maximum absolute atomic E-state index is 12.6. The molecule has 1 fully saturated rings. The minimum atomic E-state index is -0.575. The molecule has 0 spiro atoms. The third kappa shape index (κ3) is 4.87. The van der Waals surface area contributed by atoms with Crippen LogP contribution in [0.2, 0.25) is 5.02 Å². The molecule has 0 bridgehead atoms. The normalized spacial score (nSPS) is 19.0. The van der Waals surface area contributed by atoms with Crippen molar-refractivity contribution in [1.82, 2.24) is 10.2 Å². The number of benzene rings is 1. The van der Waals surface area contributed by atoms with Gasteiger partial charge in [-0.05, 0) is 58.2 Å². The van der Waals surface area contributed by atoms with Crippen LogP contribution in [0.25, 0.3) is 0 Å². The minimum Gasteiger partial charge on any atom is -0.444 e. The van der Waals surface area contributed by atoms with Crippen molar-refractivity contribution in [3.8, 4) is 0 Å². The molecular formula is C18H25ClN2O3. The predicted octanol–water partition coefficient (Wildman–Crippen LogP) is 3.92. The monoisotopic (exact) mass is 352 g/mol. The molecule has 0 saturated carbocycles. The first-order valence-electron chi connectivity index (χ1n) is 8.23. The third-order valence-electron chi connectivity index (χ3n) is 3.89. The average Bonchev–Trinajstić information content (AvgIpc) is 2.95. The van der Waals surface area contributed by atoms with E-state index in [1.54, 1.807) is 6.07 Å². The van der Waals surface area contributed by atoms with E-state index in [2.05, 4.69) is 5.32 Å². The van der Waals surface area contributed by atoms with Crippen LogP contribution in [0.1, 0.15) is 52.1 Å². The van der Waals surface area contributed by atoms with Gasteiger partial charge in [0.25, 0.3) is 0 Å². The molecule has 1 aromatic carbocycles. The molecule has 1 aliphatic heterocycles. The maximum Gasteiger partial charge on any atom is 0.410 e. The summed E-state index contributed by atoms with van der Waals surface area (Å²) in [7, 11) is 0. The standard InChI is InChI=1S/C18H25ClN2O3/c1-12(13-7-5-8-14(19)11-13)20-16(22)15-9-6-10-21(15)17(23)24-18(2,3)4/h5,7-8,11-12,15H,6,9-10H2,1-4H3,(H,20,22)/t12-,15+/m0/s1. The van der Waals surface area contributed by atoms with Crippen LogP contribution in [0.5, 0.6) is 0 Å². The quantitative estimate of drug-likeness (QED) is 0.897. The SMILES string of the molecule is C[C@H](NC(=O)[C@H]1CCCN1C(=O)OC(C)(C)C)c1cccc(Cl)c1. The van der Waals surface area contributed by atoms with Crippen LogP contribution < -0.4 is 5.32 Å². The Balaban J connectivity index is 2.01. The van der Waals surface area contributed by atoms with Gasteiger partial charge in [0.15, 0.2) is 0 Å². The van der Waals surface area contributed by atoms with Gasteiger partial charge < -0.3 is 10.1 Å². The van der Waals surface area contributed by atoms with E-state index in [-0.39, 0.29) is 11.9 Å². The third-order valence-corrected chi connectivity index (χ3v) is 4.13. The molecule has 0 radical (unpaired) electrons. The summed E-state index contributed by atoms with van der Waals surface area (Å²) in [6.07, 6.45) is 1.01. The molecule has 24 heavy (non-hydrogen) atoms. The Morgan fingerprint density at radius 2 is 2.08 bits per heavy atom. The van der Waals surface area contributed by atoms with Gasteiger partial charge in [0.1, 0.15) is 11.6 Å². The van der Waals surface area contributed by atoms with E-state index in [0.717, 1.165) is 12.0 Å². The van der Waals surface area contributed by atoms with Crippen LogP contribution in [0, 0.1) is 0 Å². The minimum absolute atomic E-state index is 0.161. The lowest BCUT2D eigenvalue weighted by molar-refractivity contribution is -0.126. The first kappa shape index (κ1) is 18.6. The Morgan fingerprint density at radius 1 is 1.38 bits per heavy atom. The summed E-state index contributed by atoms with van der Waals surface area (Å²) < 4.78 is 5.40. The van der Waals surface area contributed by atoms with Crippen molar-refractivity contribution in [2.45, 2.75) is 58.2 Å². The number of nitrogens with zero attached hydrogens (tertiary/aromatic N) is 1. The zero-order valence-electron chi connectivity index (χ0n) is 14.6. The number of hydrogen-bond acceptors (Lipinski definition) is 3. The number of carbonyl (C=O) groups is 2. The second kappa shape index (κ2) is 7.43. The number of hydrogen-bond donors (Lipinski definition) is 1. The highest BCUT2D eigenvalue weighted by molar-refractivity contribution is 6.30. The topological polar surface area (TPSA) is 58.6 Å². The fraction of sp³-hybridized carbons (Fsp3) is 0.556. The van der Waals surface area contributed by atoms with Crippen LogP contribution in [0.15, 0.2) is 24.3 Å². The highest BCUT2D eigenvalue weighted by atomic mass is 35.5. The van der Waals surface area contributed by atoms with Crippen LogP contribution >= 0.6 is 11.6 Å². The molecule has 2 amide bonds. The van der Waals surface area contributed by atoms with Crippen molar-refractivity contribution in [2.75, 3.05) is 6.54 Å². The second-order valence-electron chi connectivity index (χ2n) is 7.12. The van der Waals surface area contributed by atoms with E-state index in [1.807, 2.05) is 45.9 Å². The smallest absolute Gasteiger partial charge is 0.410 e. The lowest BCUT2D eigenvalue weighted by atomic mass is 10.1. The van der Waals surface area contributed by atoms with E-state index >= 15 is 0 Å². The van der Waals surface area contributed by atoms with Crippen LogP contribution in [-0.2, 0) is 9.53 Å². The van der Waals surface area contributed by atoms with Crippen molar-refractivity contribution in [1.29, 1.82) is 0 Å². The molecule has 1 N–H and O–H groups in total. The van der Waals surface area contributed by atoms with Crippen molar-refractivity contribution >= 4 is 23.6 Å². The van der Waals surface area contributed by atoms with Gasteiger partial charge in [-0.15, -0.1) is 0 Å². The lowest BCUT2D eigenvalue weighted by Crippen LogP contribution is -2.48. The number of rotatable bonds is 3. The zero-order valence-corrected chi connectivity index (χ0v) is 15.4. The Kier molecular flexibility index (Phi) is 5.75. The number of nitrogens with one attached hydrogen (secondary N) is 1. The molecule has 1 aliphatic rings. The van der Waals surface area contributed by atoms with Gasteiger partial charge in [-0.1, -0.05) is 23.7 Å². The summed E-state index contributed by atoms with van der Waals surface area (Å²) in [5.41, 5.74) is 0.354. The van der Waals surface area contributed by atoms with Crippen molar-refractivity contribution < 1.29 is 14.3 Å². The van der Waals surface area contributed by atoms with E-state index in [0.29, 0.717) is 18.0 Å². The number of ether oxygens (including phenoxy) is 1. The molecular weight excluding hydrogens is 328 g/mol. The van der Waals surface area contributed by atoms with Gasteiger partial charge in [-0.25, -0.2) is 4.79 Å². The summed E-state index contributed by atoms with van der Waals surface area (Å²) in [4.78, 5) is 26.4. The fourth-order valence-corrected chi connectivity index (χ4v) is 2.95. The summed E-state index contributed by atoms with van der Waals surface area (Å²) in [6.45, 7) is 7.89. The Bertz CT molecular complexity index is 613. The molecule has 0 aliphatic carbocycles. The average molecular weight is 353 g/mol. The zero-order chi connectivity index (χ0) is 17.9. The fourth-order valence-electron chi connectivity index (χ4n) is 2.75. The highest BCUT2D eigenvalue weighted by Gasteiger charge is 2.36. The molecule has 0 unspecified atom stereocenters. The number of carbonyl (C=O) groups excluding carboxylic acids is 2. The van der Waals surface area contributed by atoms with Gasteiger partial charge in [0, 0.05) is 11.6 Å². The predicted molar refractivity (Wildman–Crippen MR) is 94.0 cm³/mol. The van der Waals surface area contributed by atoms with E-state index in [4.69, 9.17) is 16.3 Å². The number of amides is 2. The first-order chi connectivity index (χ1) is 11.2. The molecule has 1 heterocycles. The summed E-state index contributed by atoms with van der Waals surface area (Å²) in [5.74, 6) is -0.161. The van der Waals surface area contributed by atoms with E-state index in [1.165, 1.54) is 4.90 Å². The van der Waals surface area contributed by atoms with Crippen LogP contribution in [0.4, 0.5) is 4.79 Å². The summed E-state index contributed by atoms with van der Waals surface area (Å²) in [5, 5.41) is 3.60. The van der Waals surface area contributed by atoms with E-state index < -0.39 is 17.7 Å². The van der Waals surface area contributed by atoms with Crippen molar-refractivity contribution in [2.24, 2.45) is 0 Å². The molecule has 1 saturated heterocycles. The first-order valence-corrected chi connectivity index (χ1v) is 8.60. The Hall–Kier alpha value is -1.75. The Morgan fingerprint density at radius 3 is 2.71 bits per heavy atom. The molecule has 5 nitrogen and oxygen atoms in total. The number of likely N-dealkylation sites (tertiary alicyclic amines) is 1. The molecule has 2 rings (SSSR count). The molecule has 0 aromatic heterocycles. The van der Waals surface area contributed by atoms with Crippen LogP contribution in [0.3, 0.4) is 0 Å². The Labute approximate surface area is 148 Å². The van der Waals surface area contributed by atoms with Crippen molar-refractivity contribution in [3.63, 3.8) is 0 Å². The van der Waals surface area contributed by atoms with Gasteiger partial charge in [-0.3, -0.25) is 9.69 Å². The second-order valence-corrected chi connectivity index (χ2v) is 7.55. The van der Waals surface area contributed by atoms with Crippen molar-refractivity contribution in [3.05, 3.63) is 34.9 Å². The van der Waals surface area contributed by atoms with Gasteiger partial charge in [0.05, 0.1) is 6.04 Å². The summed E-state index contributed by atoms with van der Waals surface area (Å²) in [6, 6.07) is 6.71. The van der Waals surface area contributed by atoms with E-state index in [9.17, 15) is 9.59 Å². The highest BCUT2D eigenvalue weighted by Crippen LogP contribution is 2.23. The molecule has 1 aromatic rings. The summed E-state index contributed by atoms with van der Waals surface area (Å²) >= 11 is 6.00.